The van der Waals surface area contributed by atoms with Gasteiger partial charge in [0.05, 0.1) is 6.61 Å². The van der Waals surface area contributed by atoms with Crippen LogP contribution in [-0.4, -0.2) is 93.1 Å². The molecule has 0 radical (unpaired) electrons. The molecule has 0 aliphatic carbocycles. The molecule has 0 aliphatic heterocycles. The van der Waals surface area contributed by atoms with E-state index in [4.69, 9.17) is 18.9 Å². The predicted molar refractivity (Wildman–Crippen MR) is 224 cm³/mol. The molecule has 0 N–H and O–H groups in total. The first-order valence-corrected chi connectivity index (χ1v) is 22.9. The molecule has 0 bridgehead atoms. The van der Waals surface area contributed by atoms with E-state index >= 15 is 0 Å². The summed E-state index contributed by atoms with van der Waals surface area (Å²) in [6, 6.07) is 0. The van der Waals surface area contributed by atoms with Crippen molar-refractivity contribution in [1.82, 2.24) is 9.80 Å². The first-order chi connectivity index (χ1) is 26.3. The lowest BCUT2D eigenvalue weighted by molar-refractivity contribution is -0.145. The largest absolute Gasteiger partial charge is 0.508 e. The number of rotatable bonds is 40. The van der Waals surface area contributed by atoms with Crippen molar-refractivity contribution in [3.63, 3.8) is 0 Å². The topological polar surface area (TPSA) is 94.6 Å². The maximum Gasteiger partial charge on any atom is 0.508 e. The minimum absolute atomic E-state index is 0.130. The molecule has 0 aromatic carbocycles. The lowest BCUT2D eigenvalue weighted by atomic mass is 9.95. The normalized spacial score (nSPS) is 12.6. The SMILES string of the molecule is CCCCCCCCCC(=O)OCCN(CCOC(=O)OC(CCCCCC)CCCC(=O)OCC(CCCCC)CCCCCC)CCN(CC)CC. The van der Waals surface area contributed by atoms with Crippen molar-refractivity contribution in [3.05, 3.63) is 0 Å². The lowest BCUT2D eigenvalue weighted by Gasteiger charge is -2.26. The van der Waals surface area contributed by atoms with Crippen LogP contribution in [0.2, 0.25) is 0 Å². The average molecular weight is 769 g/mol. The third-order valence-electron chi connectivity index (χ3n) is 10.6. The van der Waals surface area contributed by atoms with Crippen LogP contribution in [0.15, 0.2) is 0 Å². The molecule has 0 fully saturated rings. The smallest absolute Gasteiger partial charge is 0.465 e. The number of carbonyl (C=O) groups excluding carboxylic acids is 3. The van der Waals surface area contributed by atoms with Gasteiger partial charge < -0.3 is 23.8 Å². The summed E-state index contributed by atoms with van der Waals surface area (Å²) in [6.07, 6.45) is 25.3. The van der Waals surface area contributed by atoms with Crippen molar-refractivity contribution in [1.29, 1.82) is 0 Å². The standard InChI is InChI=1S/C45H88N2O7/c1-7-13-17-20-21-22-26-32-43(48)51-38-36-47(35-34-46(11-5)12-6)37-39-52-45(50)54-42(30-25-19-15-9-3)31-27-33-44(49)53-40-41(28-23-16-10-4)29-24-18-14-8-2/h41-42H,7-40H2,1-6H3. The summed E-state index contributed by atoms with van der Waals surface area (Å²) in [6.45, 7) is 19.0. The van der Waals surface area contributed by atoms with Gasteiger partial charge in [-0.25, -0.2) is 4.79 Å². The van der Waals surface area contributed by atoms with Gasteiger partial charge in [-0.15, -0.1) is 0 Å². The summed E-state index contributed by atoms with van der Waals surface area (Å²) in [7, 11) is 0. The van der Waals surface area contributed by atoms with Crippen molar-refractivity contribution in [3.8, 4) is 0 Å². The van der Waals surface area contributed by atoms with Crippen LogP contribution in [0.25, 0.3) is 0 Å². The Morgan fingerprint density at radius 3 is 1.50 bits per heavy atom. The molecule has 9 heteroatoms. The van der Waals surface area contributed by atoms with Crippen LogP contribution in [-0.2, 0) is 28.5 Å². The highest BCUT2D eigenvalue weighted by Crippen LogP contribution is 2.20. The Hall–Kier alpha value is -1.87. The van der Waals surface area contributed by atoms with E-state index in [0.717, 1.165) is 84.0 Å². The van der Waals surface area contributed by atoms with Crippen molar-refractivity contribution < 1.29 is 33.3 Å². The molecule has 0 saturated heterocycles. The van der Waals surface area contributed by atoms with E-state index in [1.54, 1.807) is 0 Å². The van der Waals surface area contributed by atoms with Crippen LogP contribution in [0.4, 0.5) is 4.79 Å². The lowest BCUT2D eigenvalue weighted by Crippen LogP contribution is -2.39. The molecule has 0 saturated carbocycles. The zero-order valence-electron chi connectivity index (χ0n) is 36.4. The van der Waals surface area contributed by atoms with E-state index in [9.17, 15) is 14.4 Å². The average Bonchev–Trinajstić information content (AvgIpc) is 3.16. The van der Waals surface area contributed by atoms with Crippen molar-refractivity contribution in [2.24, 2.45) is 5.92 Å². The van der Waals surface area contributed by atoms with E-state index in [2.05, 4.69) is 51.3 Å². The van der Waals surface area contributed by atoms with Crippen LogP contribution in [0, 0.1) is 5.92 Å². The minimum Gasteiger partial charge on any atom is -0.465 e. The van der Waals surface area contributed by atoms with Gasteiger partial charge in [0.2, 0.25) is 0 Å². The van der Waals surface area contributed by atoms with E-state index < -0.39 is 6.16 Å². The molecule has 54 heavy (non-hydrogen) atoms. The second-order valence-electron chi connectivity index (χ2n) is 15.4. The van der Waals surface area contributed by atoms with Crippen LogP contribution in [0.1, 0.15) is 202 Å². The second kappa shape index (κ2) is 39.4. The van der Waals surface area contributed by atoms with Crippen molar-refractivity contribution >= 4 is 18.1 Å². The number of hydrogen-bond acceptors (Lipinski definition) is 9. The summed E-state index contributed by atoms with van der Waals surface area (Å²) in [5, 5.41) is 0. The van der Waals surface area contributed by atoms with E-state index in [0.29, 0.717) is 57.9 Å². The van der Waals surface area contributed by atoms with Gasteiger partial charge in [-0.1, -0.05) is 144 Å². The Labute approximate surface area is 333 Å². The van der Waals surface area contributed by atoms with Crippen LogP contribution in [0.3, 0.4) is 0 Å². The molecule has 0 spiro atoms. The van der Waals surface area contributed by atoms with Crippen LogP contribution in [0.5, 0.6) is 0 Å². The van der Waals surface area contributed by atoms with Gasteiger partial charge in [-0.05, 0) is 64.0 Å². The van der Waals surface area contributed by atoms with Gasteiger partial charge >= 0.3 is 18.1 Å². The molecule has 9 nitrogen and oxygen atoms in total. The molecule has 0 rings (SSSR count). The third kappa shape index (κ3) is 33.5. The fraction of sp³-hybridized carbons (Fsp3) is 0.933. The Balaban J connectivity index is 4.85. The first kappa shape index (κ1) is 52.1. The number of hydrogen-bond donors (Lipinski definition) is 0. The molecular weight excluding hydrogens is 681 g/mol. The summed E-state index contributed by atoms with van der Waals surface area (Å²) in [4.78, 5) is 42.5. The predicted octanol–water partition coefficient (Wildman–Crippen LogP) is 11.7. The maximum absolute atomic E-state index is 12.9. The Bertz CT molecular complexity index is 854. The summed E-state index contributed by atoms with van der Waals surface area (Å²) in [5.74, 6) is 0.170. The molecule has 0 aromatic heterocycles. The molecule has 0 amide bonds. The summed E-state index contributed by atoms with van der Waals surface area (Å²) in [5.41, 5.74) is 0. The summed E-state index contributed by atoms with van der Waals surface area (Å²) >= 11 is 0. The fourth-order valence-electron chi connectivity index (χ4n) is 6.85. The number of esters is 2. The van der Waals surface area contributed by atoms with Crippen molar-refractivity contribution in [2.45, 2.75) is 208 Å². The summed E-state index contributed by atoms with van der Waals surface area (Å²) < 4.78 is 22.7. The second-order valence-corrected chi connectivity index (χ2v) is 15.4. The van der Waals surface area contributed by atoms with Gasteiger partial charge in [0, 0.05) is 39.0 Å². The highest BCUT2D eigenvalue weighted by Gasteiger charge is 2.18. The molecule has 0 heterocycles. The quantitative estimate of drug-likeness (QED) is 0.0343. The third-order valence-corrected chi connectivity index (χ3v) is 10.6. The number of likely N-dealkylation sites (N-methyl/N-ethyl adjacent to an activating group) is 1. The first-order valence-electron chi connectivity index (χ1n) is 22.9. The molecule has 2 unspecified atom stereocenters. The molecule has 0 aromatic rings. The molecule has 320 valence electrons. The Morgan fingerprint density at radius 1 is 0.444 bits per heavy atom. The number of carbonyl (C=O) groups is 3. The maximum atomic E-state index is 12.9. The van der Waals surface area contributed by atoms with Crippen molar-refractivity contribution in [2.75, 3.05) is 59.1 Å². The van der Waals surface area contributed by atoms with Gasteiger partial charge in [0.1, 0.15) is 19.3 Å². The zero-order valence-corrected chi connectivity index (χ0v) is 36.4. The molecule has 0 aliphatic rings. The highest BCUT2D eigenvalue weighted by atomic mass is 16.7. The number of ether oxygens (including phenoxy) is 4. The van der Waals surface area contributed by atoms with Crippen LogP contribution < -0.4 is 0 Å². The van der Waals surface area contributed by atoms with Crippen LogP contribution >= 0.6 is 0 Å². The Morgan fingerprint density at radius 2 is 0.889 bits per heavy atom. The van der Waals surface area contributed by atoms with E-state index in [1.165, 1.54) is 77.0 Å². The number of nitrogens with zero attached hydrogens (tertiary/aromatic N) is 2. The molecule has 2 atom stereocenters. The van der Waals surface area contributed by atoms with Gasteiger partial charge in [0.25, 0.3) is 0 Å². The molecular formula is C45H88N2O7. The fourth-order valence-corrected chi connectivity index (χ4v) is 6.85. The van der Waals surface area contributed by atoms with E-state index in [-0.39, 0.29) is 24.6 Å². The monoisotopic (exact) mass is 769 g/mol. The van der Waals surface area contributed by atoms with Gasteiger partial charge in [-0.3, -0.25) is 14.5 Å². The van der Waals surface area contributed by atoms with Gasteiger partial charge in [0.15, 0.2) is 0 Å². The number of unbranched alkanes of at least 4 members (excludes halogenated alkanes) is 14. The Kier molecular flexibility index (Phi) is 38.0. The highest BCUT2D eigenvalue weighted by molar-refractivity contribution is 5.69. The van der Waals surface area contributed by atoms with E-state index in [1.807, 2.05) is 0 Å². The zero-order chi connectivity index (χ0) is 39.9. The minimum atomic E-state index is -0.652. The van der Waals surface area contributed by atoms with Gasteiger partial charge in [-0.2, -0.15) is 0 Å².